The number of nitrogens with zero attached hydrogens (tertiary/aromatic N) is 6. The van der Waals surface area contributed by atoms with Crippen LogP contribution >= 0.6 is 11.8 Å². The summed E-state index contributed by atoms with van der Waals surface area (Å²) in [6.45, 7) is 5.37. The maximum absolute atomic E-state index is 13.6. The van der Waals surface area contributed by atoms with E-state index in [0.717, 1.165) is 58.8 Å². The second kappa shape index (κ2) is 9.39. The van der Waals surface area contributed by atoms with Crippen molar-refractivity contribution in [3.8, 4) is 0 Å². The minimum atomic E-state index is 0.0723. The number of thioether (sulfide) groups is 1. The van der Waals surface area contributed by atoms with Gasteiger partial charge in [0.15, 0.2) is 0 Å². The molecule has 36 heavy (non-hydrogen) atoms. The second-order valence-electron chi connectivity index (χ2n) is 9.32. The Hall–Kier alpha value is -3.72. The lowest BCUT2D eigenvalue weighted by molar-refractivity contribution is 0.0704. The molecule has 4 heterocycles. The largest absolute Gasteiger partial charge is 0.342 e. The summed E-state index contributed by atoms with van der Waals surface area (Å²) < 4.78 is 1.76. The molecule has 8 nitrogen and oxygen atoms in total. The van der Waals surface area contributed by atoms with Gasteiger partial charge in [-0.05, 0) is 56.5 Å². The fraction of sp³-hybridized carbons (Fsp3) is 0.296. The monoisotopic (exact) mass is 497 g/mol. The zero-order chi connectivity index (χ0) is 24.6. The van der Waals surface area contributed by atoms with Crippen molar-refractivity contribution >= 4 is 34.5 Å². The van der Waals surface area contributed by atoms with Gasteiger partial charge in [-0.15, -0.1) is 5.10 Å². The zero-order valence-corrected chi connectivity index (χ0v) is 21.1. The topological polar surface area (TPSA) is 92.1 Å². The minimum absolute atomic E-state index is 0.0723. The number of fused-ring (bicyclic) bond motifs is 2. The lowest BCUT2D eigenvalue weighted by Gasteiger charge is -2.32. The first-order valence-electron chi connectivity index (χ1n) is 12.2. The van der Waals surface area contributed by atoms with E-state index >= 15 is 0 Å². The number of imidazole rings is 1. The van der Waals surface area contributed by atoms with Gasteiger partial charge in [-0.25, -0.2) is 14.5 Å². The Morgan fingerprint density at radius 1 is 1.08 bits per heavy atom. The zero-order valence-electron chi connectivity index (χ0n) is 20.3. The van der Waals surface area contributed by atoms with Crippen LogP contribution in [0.2, 0.25) is 0 Å². The number of hydrogen-bond donors (Lipinski definition) is 1. The summed E-state index contributed by atoms with van der Waals surface area (Å²) in [5.74, 6) is 2.46. The van der Waals surface area contributed by atoms with E-state index in [0.29, 0.717) is 23.2 Å². The van der Waals surface area contributed by atoms with Crippen molar-refractivity contribution in [2.24, 2.45) is 0 Å². The summed E-state index contributed by atoms with van der Waals surface area (Å²) in [5, 5.41) is 5.25. The summed E-state index contributed by atoms with van der Waals surface area (Å²) in [5.41, 5.74) is 5.65. The molecule has 9 heteroatoms. The first-order chi connectivity index (χ1) is 17.5. The lowest BCUT2D eigenvalue weighted by Crippen LogP contribution is -2.39. The molecular formula is C27H27N7OS. The van der Waals surface area contributed by atoms with Crippen LogP contribution in [0.25, 0.3) is 16.8 Å². The SMILES string of the molecule is Cc1cc(C)n2nc(SCc3ccccc3C(=O)N3CCCC(c4nc5ccccc5[nH]4)C3)nc2n1. The number of nitrogens with one attached hydrogen (secondary N) is 1. The molecule has 1 unspecified atom stereocenters. The molecule has 6 rings (SSSR count). The van der Waals surface area contributed by atoms with Gasteiger partial charge in [-0.2, -0.15) is 4.98 Å². The fourth-order valence-electron chi connectivity index (χ4n) is 4.93. The molecule has 5 aromatic rings. The molecule has 1 aliphatic rings. The number of piperidine rings is 1. The van der Waals surface area contributed by atoms with E-state index in [1.165, 1.54) is 11.8 Å². The van der Waals surface area contributed by atoms with Gasteiger partial charge >= 0.3 is 0 Å². The predicted molar refractivity (Wildman–Crippen MR) is 140 cm³/mol. The third-order valence-corrected chi connectivity index (χ3v) is 7.59. The minimum Gasteiger partial charge on any atom is -0.342 e. The van der Waals surface area contributed by atoms with Crippen LogP contribution in [-0.4, -0.2) is 53.4 Å². The maximum atomic E-state index is 13.6. The molecule has 0 bridgehead atoms. The van der Waals surface area contributed by atoms with Gasteiger partial charge in [-0.1, -0.05) is 42.1 Å². The van der Waals surface area contributed by atoms with Crippen LogP contribution in [0.1, 0.15) is 51.9 Å². The van der Waals surface area contributed by atoms with E-state index in [1.807, 2.05) is 73.3 Å². The fourth-order valence-corrected chi connectivity index (χ4v) is 5.75. The first kappa shape index (κ1) is 22.7. The number of likely N-dealkylation sites (tertiary alicyclic amines) is 1. The first-order valence-corrected chi connectivity index (χ1v) is 13.2. The number of aryl methyl sites for hydroxylation is 2. The average molecular weight is 498 g/mol. The number of carbonyl (C=O) groups is 1. The van der Waals surface area contributed by atoms with E-state index in [9.17, 15) is 4.79 Å². The molecule has 1 atom stereocenters. The van der Waals surface area contributed by atoms with Gasteiger partial charge < -0.3 is 9.88 Å². The number of rotatable bonds is 5. The van der Waals surface area contributed by atoms with Crippen LogP contribution in [0.5, 0.6) is 0 Å². The molecule has 0 aliphatic carbocycles. The summed E-state index contributed by atoms with van der Waals surface area (Å²) in [4.78, 5) is 32.9. The summed E-state index contributed by atoms with van der Waals surface area (Å²) in [6, 6.07) is 17.9. The molecule has 3 aromatic heterocycles. The summed E-state index contributed by atoms with van der Waals surface area (Å²) in [6.07, 6.45) is 1.98. The van der Waals surface area contributed by atoms with E-state index in [2.05, 4.69) is 20.1 Å². The standard InChI is InChI=1S/C27H27N7OS/c1-17-14-18(2)34-26(28-17)31-27(32-34)36-16-20-8-3-4-10-21(20)25(35)33-13-7-9-19(15-33)24-29-22-11-5-6-12-23(22)30-24/h3-6,8,10-12,14,19H,7,9,13,15-16H2,1-2H3,(H,29,30). The van der Waals surface area contributed by atoms with Crippen molar-refractivity contribution in [1.82, 2.24) is 34.4 Å². The number of para-hydroxylation sites is 2. The predicted octanol–water partition coefficient (Wildman–Crippen LogP) is 4.93. The van der Waals surface area contributed by atoms with E-state index < -0.39 is 0 Å². The Kier molecular flexibility index (Phi) is 5.92. The summed E-state index contributed by atoms with van der Waals surface area (Å²) in [7, 11) is 0. The molecule has 1 fully saturated rings. The highest BCUT2D eigenvalue weighted by atomic mass is 32.2. The number of aromatic nitrogens is 6. The van der Waals surface area contributed by atoms with Crippen molar-refractivity contribution in [2.45, 2.75) is 43.5 Å². The van der Waals surface area contributed by atoms with Crippen LogP contribution in [0.3, 0.4) is 0 Å². The van der Waals surface area contributed by atoms with Crippen LogP contribution in [0.15, 0.2) is 59.8 Å². The Bertz CT molecular complexity index is 1540. The smallest absolute Gasteiger partial charge is 0.254 e. The number of benzene rings is 2. The van der Waals surface area contributed by atoms with Crippen molar-refractivity contribution in [2.75, 3.05) is 13.1 Å². The number of aromatic amines is 1. The van der Waals surface area contributed by atoms with Gasteiger partial charge in [0.2, 0.25) is 5.16 Å². The summed E-state index contributed by atoms with van der Waals surface area (Å²) >= 11 is 1.52. The highest BCUT2D eigenvalue weighted by Crippen LogP contribution is 2.29. The van der Waals surface area contributed by atoms with Gasteiger partial charge in [0.05, 0.1) is 11.0 Å². The highest BCUT2D eigenvalue weighted by Gasteiger charge is 2.28. The quantitative estimate of drug-likeness (QED) is 0.346. The molecule has 1 aliphatic heterocycles. The van der Waals surface area contributed by atoms with Crippen LogP contribution in [0, 0.1) is 13.8 Å². The van der Waals surface area contributed by atoms with Crippen molar-refractivity contribution in [3.05, 3.63) is 82.9 Å². The molecule has 0 spiro atoms. The Morgan fingerprint density at radius 3 is 2.81 bits per heavy atom. The molecule has 1 N–H and O–H groups in total. The van der Waals surface area contributed by atoms with E-state index in [-0.39, 0.29) is 11.8 Å². The lowest BCUT2D eigenvalue weighted by atomic mass is 9.96. The van der Waals surface area contributed by atoms with Gasteiger partial charge in [-0.3, -0.25) is 4.79 Å². The number of carbonyl (C=O) groups excluding carboxylic acids is 1. The molecule has 0 saturated carbocycles. The van der Waals surface area contributed by atoms with Crippen LogP contribution in [-0.2, 0) is 5.75 Å². The van der Waals surface area contributed by atoms with Crippen molar-refractivity contribution < 1.29 is 4.79 Å². The van der Waals surface area contributed by atoms with Gasteiger partial charge in [0.25, 0.3) is 11.7 Å². The van der Waals surface area contributed by atoms with E-state index in [4.69, 9.17) is 4.98 Å². The Labute approximate surface area is 213 Å². The number of amides is 1. The van der Waals surface area contributed by atoms with Gasteiger partial charge in [0, 0.05) is 41.7 Å². The van der Waals surface area contributed by atoms with Crippen LogP contribution < -0.4 is 0 Å². The molecule has 182 valence electrons. The highest BCUT2D eigenvalue weighted by molar-refractivity contribution is 7.98. The average Bonchev–Trinajstić information content (AvgIpc) is 3.52. The van der Waals surface area contributed by atoms with Crippen LogP contribution in [0.4, 0.5) is 0 Å². The van der Waals surface area contributed by atoms with Crippen molar-refractivity contribution in [3.63, 3.8) is 0 Å². The van der Waals surface area contributed by atoms with E-state index in [1.54, 1.807) is 4.52 Å². The second-order valence-corrected chi connectivity index (χ2v) is 10.3. The molecule has 1 amide bonds. The Morgan fingerprint density at radius 2 is 1.92 bits per heavy atom. The number of H-pyrrole nitrogens is 1. The maximum Gasteiger partial charge on any atom is 0.254 e. The third kappa shape index (κ3) is 4.35. The molecule has 0 radical (unpaired) electrons. The van der Waals surface area contributed by atoms with Gasteiger partial charge in [0.1, 0.15) is 5.82 Å². The third-order valence-electron chi connectivity index (χ3n) is 6.71. The molecule has 1 saturated heterocycles. The molecular weight excluding hydrogens is 470 g/mol. The number of hydrogen-bond acceptors (Lipinski definition) is 6. The normalized spacial score (nSPS) is 16.2. The molecule has 2 aromatic carbocycles. The van der Waals surface area contributed by atoms with Crippen molar-refractivity contribution in [1.29, 1.82) is 0 Å². The Balaban J connectivity index is 1.19.